The molecule has 1 aromatic carbocycles. The first kappa shape index (κ1) is 12.8. The van der Waals surface area contributed by atoms with Gasteiger partial charge in [0, 0.05) is 18.3 Å². The molecule has 0 aliphatic heterocycles. The Morgan fingerprint density at radius 3 is 2.89 bits per heavy atom. The van der Waals surface area contributed by atoms with E-state index in [0.717, 1.165) is 26.1 Å². The molecule has 0 saturated heterocycles. The zero-order chi connectivity index (χ0) is 12.8. The second-order valence-corrected chi connectivity index (χ2v) is 4.65. The standard InChI is InChI=1S/C15H21N3/c1-3-8-16-9-14-10-17-18(11-14)12-15-7-5-4-6-13(15)2/h4-7,10-11,16H,3,8-9,12H2,1-2H3. The number of benzene rings is 1. The van der Waals surface area contributed by atoms with Gasteiger partial charge in [-0.05, 0) is 31.0 Å². The molecule has 0 aliphatic rings. The lowest BCUT2D eigenvalue weighted by Crippen LogP contribution is -2.13. The molecule has 1 aromatic heterocycles. The van der Waals surface area contributed by atoms with Crippen molar-refractivity contribution >= 4 is 0 Å². The number of rotatable bonds is 6. The Kier molecular flexibility index (Phi) is 4.53. The zero-order valence-electron chi connectivity index (χ0n) is 11.2. The summed E-state index contributed by atoms with van der Waals surface area (Å²) >= 11 is 0. The van der Waals surface area contributed by atoms with Gasteiger partial charge in [-0.15, -0.1) is 0 Å². The summed E-state index contributed by atoms with van der Waals surface area (Å²) in [5, 5.41) is 7.79. The average molecular weight is 243 g/mol. The van der Waals surface area contributed by atoms with E-state index in [2.05, 4.69) is 54.7 Å². The highest BCUT2D eigenvalue weighted by Crippen LogP contribution is 2.09. The van der Waals surface area contributed by atoms with Gasteiger partial charge in [0.15, 0.2) is 0 Å². The molecule has 96 valence electrons. The second-order valence-electron chi connectivity index (χ2n) is 4.65. The summed E-state index contributed by atoms with van der Waals surface area (Å²) in [5.41, 5.74) is 3.89. The summed E-state index contributed by atoms with van der Waals surface area (Å²) in [6.45, 7) is 7.13. The van der Waals surface area contributed by atoms with Crippen molar-refractivity contribution in [1.29, 1.82) is 0 Å². The molecule has 1 heterocycles. The number of aromatic nitrogens is 2. The smallest absolute Gasteiger partial charge is 0.0662 e. The molecular weight excluding hydrogens is 222 g/mol. The van der Waals surface area contributed by atoms with Gasteiger partial charge in [-0.3, -0.25) is 4.68 Å². The van der Waals surface area contributed by atoms with Gasteiger partial charge >= 0.3 is 0 Å². The molecule has 18 heavy (non-hydrogen) atoms. The van der Waals surface area contributed by atoms with Gasteiger partial charge in [-0.1, -0.05) is 31.2 Å². The van der Waals surface area contributed by atoms with E-state index in [1.165, 1.54) is 16.7 Å². The first-order chi connectivity index (χ1) is 8.79. The third-order valence-electron chi connectivity index (χ3n) is 3.04. The van der Waals surface area contributed by atoms with E-state index >= 15 is 0 Å². The van der Waals surface area contributed by atoms with E-state index in [1.54, 1.807) is 0 Å². The van der Waals surface area contributed by atoms with Gasteiger partial charge in [-0.25, -0.2) is 0 Å². The summed E-state index contributed by atoms with van der Waals surface area (Å²) in [6.07, 6.45) is 5.23. The van der Waals surface area contributed by atoms with E-state index < -0.39 is 0 Å². The van der Waals surface area contributed by atoms with E-state index in [-0.39, 0.29) is 0 Å². The fourth-order valence-electron chi connectivity index (χ4n) is 1.96. The Morgan fingerprint density at radius 1 is 1.28 bits per heavy atom. The molecule has 1 N–H and O–H groups in total. The Balaban J connectivity index is 1.96. The molecule has 0 spiro atoms. The Morgan fingerprint density at radius 2 is 2.11 bits per heavy atom. The van der Waals surface area contributed by atoms with Crippen LogP contribution in [0, 0.1) is 6.92 Å². The van der Waals surface area contributed by atoms with Crippen molar-refractivity contribution in [3.8, 4) is 0 Å². The van der Waals surface area contributed by atoms with Gasteiger partial charge in [0.05, 0.1) is 12.7 Å². The van der Waals surface area contributed by atoms with Crippen molar-refractivity contribution in [2.24, 2.45) is 0 Å². The van der Waals surface area contributed by atoms with E-state index in [4.69, 9.17) is 0 Å². The molecular formula is C15H21N3. The normalized spacial score (nSPS) is 10.8. The minimum Gasteiger partial charge on any atom is -0.313 e. The highest BCUT2D eigenvalue weighted by Gasteiger charge is 2.01. The van der Waals surface area contributed by atoms with Crippen LogP contribution in [-0.4, -0.2) is 16.3 Å². The number of hydrogen-bond acceptors (Lipinski definition) is 2. The van der Waals surface area contributed by atoms with Crippen LogP contribution in [0.25, 0.3) is 0 Å². The molecule has 0 bridgehead atoms. The summed E-state index contributed by atoms with van der Waals surface area (Å²) in [7, 11) is 0. The Labute approximate surface area is 109 Å². The highest BCUT2D eigenvalue weighted by molar-refractivity contribution is 5.25. The first-order valence-corrected chi connectivity index (χ1v) is 6.56. The highest BCUT2D eigenvalue weighted by atomic mass is 15.3. The molecule has 2 aromatic rings. The van der Waals surface area contributed by atoms with Gasteiger partial charge < -0.3 is 5.32 Å². The monoisotopic (exact) mass is 243 g/mol. The molecule has 0 unspecified atom stereocenters. The molecule has 3 nitrogen and oxygen atoms in total. The van der Waals surface area contributed by atoms with Crippen molar-refractivity contribution in [3.05, 3.63) is 53.3 Å². The maximum atomic E-state index is 4.41. The molecule has 0 radical (unpaired) electrons. The van der Waals surface area contributed by atoms with Crippen molar-refractivity contribution in [1.82, 2.24) is 15.1 Å². The lowest BCUT2D eigenvalue weighted by molar-refractivity contribution is 0.667. The van der Waals surface area contributed by atoms with Crippen molar-refractivity contribution in [2.75, 3.05) is 6.54 Å². The lowest BCUT2D eigenvalue weighted by atomic mass is 10.1. The third-order valence-corrected chi connectivity index (χ3v) is 3.04. The molecule has 0 aliphatic carbocycles. The van der Waals surface area contributed by atoms with E-state index in [1.807, 2.05) is 10.9 Å². The predicted octanol–water partition coefficient (Wildman–Crippen LogP) is 2.74. The summed E-state index contributed by atoms with van der Waals surface area (Å²) < 4.78 is 2.01. The number of nitrogens with one attached hydrogen (secondary N) is 1. The third kappa shape index (κ3) is 3.44. The fraction of sp³-hybridized carbons (Fsp3) is 0.400. The van der Waals surface area contributed by atoms with Crippen LogP contribution in [0.1, 0.15) is 30.0 Å². The van der Waals surface area contributed by atoms with Crippen molar-refractivity contribution in [3.63, 3.8) is 0 Å². The quantitative estimate of drug-likeness (QED) is 0.791. The SMILES string of the molecule is CCCNCc1cnn(Cc2ccccc2C)c1. The van der Waals surface area contributed by atoms with Crippen LogP contribution in [0.3, 0.4) is 0 Å². The Hall–Kier alpha value is -1.61. The van der Waals surface area contributed by atoms with Crippen LogP contribution in [0.15, 0.2) is 36.7 Å². The largest absolute Gasteiger partial charge is 0.313 e. The van der Waals surface area contributed by atoms with Gasteiger partial charge in [0.2, 0.25) is 0 Å². The average Bonchev–Trinajstić information content (AvgIpc) is 2.80. The van der Waals surface area contributed by atoms with Crippen LogP contribution >= 0.6 is 0 Å². The van der Waals surface area contributed by atoms with Crippen LogP contribution in [0.4, 0.5) is 0 Å². The number of aryl methyl sites for hydroxylation is 1. The van der Waals surface area contributed by atoms with Crippen LogP contribution in [0.5, 0.6) is 0 Å². The van der Waals surface area contributed by atoms with Crippen molar-refractivity contribution in [2.45, 2.75) is 33.4 Å². The fourth-order valence-corrected chi connectivity index (χ4v) is 1.96. The van der Waals surface area contributed by atoms with Crippen LogP contribution in [0.2, 0.25) is 0 Å². The van der Waals surface area contributed by atoms with Crippen molar-refractivity contribution < 1.29 is 0 Å². The molecule has 2 rings (SSSR count). The summed E-state index contributed by atoms with van der Waals surface area (Å²) in [6, 6.07) is 8.45. The van der Waals surface area contributed by atoms with Crippen LogP contribution < -0.4 is 5.32 Å². The maximum Gasteiger partial charge on any atom is 0.0662 e. The lowest BCUT2D eigenvalue weighted by Gasteiger charge is -2.05. The van der Waals surface area contributed by atoms with Gasteiger partial charge in [0.25, 0.3) is 0 Å². The minimum atomic E-state index is 0.848. The second kappa shape index (κ2) is 6.36. The van der Waals surface area contributed by atoms with E-state index in [9.17, 15) is 0 Å². The predicted molar refractivity (Wildman–Crippen MR) is 74.5 cm³/mol. The minimum absolute atomic E-state index is 0.848. The molecule has 0 atom stereocenters. The van der Waals surface area contributed by atoms with Gasteiger partial charge in [0.1, 0.15) is 0 Å². The summed E-state index contributed by atoms with van der Waals surface area (Å²) in [4.78, 5) is 0. The first-order valence-electron chi connectivity index (χ1n) is 6.56. The van der Waals surface area contributed by atoms with Gasteiger partial charge in [-0.2, -0.15) is 5.10 Å². The summed E-state index contributed by atoms with van der Waals surface area (Å²) in [5.74, 6) is 0. The molecule has 0 amide bonds. The maximum absolute atomic E-state index is 4.41. The van der Waals surface area contributed by atoms with E-state index in [0.29, 0.717) is 0 Å². The molecule has 0 fully saturated rings. The van der Waals surface area contributed by atoms with Crippen LogP contribution in [-0.2, 0) is 13.1 Å². The molecule has 3 heteroatoms. The number of hydrogen-bond donors (Lipinski definition) is 1. The topological polar surface area (TPSA) is 29.9 Å². The Bertz CT molecular complexity index is 488. The number of nitrogens with zero attached hydrogens (tertiary/aromatic N) is 2. The zero-order valence-corrected chi connectivity index (χ0v) is 11.2. The molecule has 0 saturated carbocycles.